The molecule has 1 amide bonds. The van der Waals surface area contributed by atoms with Gasteiger partial charge in [0, 0.05) is 30.9 Å². The van der Waals surface area contributed by atoms with Crippen molar-refractivity contribution in [3.63, 3.8) is 0 Å². The summed E-state index contributed by atoms with van der Waals surface area (Å²) in [6, 6.07) is 10.1. The minimum absolute atomic E-state index is 0.0664. The zero-order valence-electron chi connectivity index (χ0n) is 17.7. The average molecular weight is 409 g/mol. The number of ether oxygens (including phenoxy) is 1. The third-order valence-corrected chi connectivity index (χ3v) is 5.67. The van der Waals surface area contributed by atoms with Gasteiger partial charge in [-0.25, -0.2) is 0 Å². The van der Waals surface area contributed by atoms with E-state index in [1.165, 1.54) is 0 Å². The molecule has 1 saturated heterocycles. The third-order valence-electron chi connectivity index (χ3n) is 5.67. The summed E-state index contributed by atoms with van der Waals surface area (Å²) in [6.07, 6.45) is 0.756. The molecule has 0 aliphatic carbocycles. The van der Waals surface area contributed by atoms with E-state index in [1.807, 2.05) is 25.1 Å². The van der Waals surface area contributed by atoms with Crippen LogP contribution < -0.4 is 15.8 Å². The number of rotatable bonds is 6. The highest BCUT2D eigenvalue weighted by atomic mass is 16.5. The fourth-order valence-electron chi connectivity index (χ4n) is 3.85. The molecule has 2 N–H and O–H groups in total. The van der Waals surface area contributed by atoms with E-state index in [4.69, 9.17) is 4.74 Å². The van der Waals surface area contributed by atoms with Crippen molar-refractivity contribution in [3.8, 4) is 6.07 Å². The predicted octanol–water partition coefficient (Wildman–Crippen LogP) is 2.51. The normalized spacial score (nSPS) is 14.8. The molecule has 0 spiro atoms. The lowest BCUT2D eigenvalue weighted by molar-refractivity contribution is -0.121. The molecule has 7 nitrogen and oxygen atoms in total. The number of amides is 1. The molecule has 1 aromatic heterocycles. The molecule has 1 fully saturated rings. The molecule has 1 aliphatic rings. The molecule has 0 saturated carbocycles. The molecule has 7 heteroatoms. The van der Waals surface area contributed by atoms with Gasteiger partial charge in [0.25, 0.3) is 5.56 Å². The lowest BCUT2D eigenvalue weighted by atomic mass is 9.99. The van der Waals surface area contributed by atoms with Gasteiger partial charge in [0.1, 0.15) is 11.6 Å². The second-order valence-electron chi connectivity index (χ2n) is 7.65. The van der Waals surface area contributed by atoms with E-state index in [1.54, 1.807) is 13.8 Å². The van der Waals surface area contributed by atoms with Crippen LogP contribution in [0.3, 0.4) is 0 Å². The van der Waals surface area contributed by atoms with Crippen LogP contribution in [0.4, 0.5) is 5.69 Å². The van der Waals surface area contributed by atoms with Gasteiger partial charge in [0.2, 0.25) is 5.91 Å². The Balaban J connectivity index is 1.59. The van der Waals surface area contributed by atoms with Gasteiger partial charge in [-0.1, -0.05) is 12.1 Å². The van der Waals surface area contributed by atoms with Crippen molar-refractivity contribution in [1.29, 1.82) is 5.26 Å². The van der Waals surface area contributed by atoms with Crippen molar-refractivity contribution in [2.75, 3.05) is 31.2 Å². The number of hydrogen-bond donors (Lipinski definition) is 2. The SMILES string of the molecule is Cc1[nH]c(=O)c(C#N)c(C)c1CCC(=O)NC(C)c1ccc(N2CCOCC2)cc1. The van der Waals surface area contributed by atoms with E-state index in [-0.39, 0.29) is 29.5 Å². The molecular formula is C23H28N4O3. The van der Waals surface area contributed by atoms with Crippen molar-refractivity contribution < 1.29 is 9.53 Å². The molecule has 1 aliphatic heterocycles. The second-order valence-corrected chi connectivity index (χ2v) is 7.65. The van der Waals surface area contributed by atoms with E-state index in [0.29, 0.717) is 17.7 Å². The van der Waals surface area contributed by atoms with Gasteiger partial charge in [-0.2, -0.15) is 5.26 Å². The predicted molar refractivity (Wildman–Crippen MR) is 116 cm³/mol. The van der Waals surface area contributed by atoms with Crippen LogP contribution in [0.2, 0.25) is 0 Å². The monoisotopic (exact) mass is 408 g/mol. The van der Waals surface area contributed by atoms with Gasteiger partial charge in [-0.05, 0) is 56.0 Å². The van der Waals surface area contributed by atoms with Gasteiger partial charge in [-0.3, -0.25) is 9.59 Å². The van der Waals surface area contributed by atoms with Crippen LogP contribution in [0, 0.1) is 25.2 Å². The number of carbonyl (C=O) groups is 1. The Morgan fingerprint density at radius 1 is 1.27 bits per heavy atom. The Hall–Kier alpha value is -3.11. The number of aromatic amines is 1. The molecule has 158 valence electrons. The van der Waals surface area contributed by atoms with Crippen LogP contribution in [-0.2, 0) is 16.0 Å². The van der Waals surface area contributed by atoms with Gasteiger partial charge in [0.15, 0.2) is 0 Å². The van der Waals surface area contributed by atoms with Crippen LogP contribution in [0.15, 0.2) is 29.1 Å². The summed E-state index contributed by atoms with van der Waals surface area (Å²) < 4.78 is 5.39. The number of pyridine rings is 1. The summed E-state index contributed by atoms with van der Waals surface area (Å²) >= 11 is 0. The highest BCUT2D eigenvalue weighted by molar-refractivity contribution is 5.76. The van der Waals surface area contributed by atoms with Crippen molar-refractivity contribution in [1.82, 2.24) is 10.3 Å². The third kappa shape index (κ3) is 4.89. The Morgan fingerprint density at radius 2 is 1.93 bits per heavy atom. The molecule has 2 aromatic rings. The number of H-pyrrole nitrogens is 1. The van der Waals surface area contributed by atoms with Crippen molar-refractivity contribution in [2.45, 2.75) is 39.7 Å². The first-order valence-electron chi connectivity index (χ1n) is 10.2. The van der Waals surface area contributed by atoms with Crippen molar-refractivity contribution in [2.24, 2.45) is 0 Å². The van der Waals surface area contributed by atoms with Crippen molar-refractivity contribution >= 4 is 11.6 Å². The Labute approximate surface area is 176 Å². The Morgan fingerprint density at radius 3 is 2.57 bits per heavy atom. The Kier molecular flexibility index (Phi) is 6.91. The number of anilines is 1. The maximum Gasteiger partial charge on any atom is 0.266 e. The van der Waals surface area contributed by atoms with Gasteiger partial charge < -0.3 is 19.9 Å². The second kappa shape index (κ2) is 9.59. The fraction of sp³-hybridized carbons (Fsp3) is 0.435. The number of aromatic nitrogens is 1. The smallest absolute Gasteiger partial charge is 0.266 e. The first-order chi connectivity index (χ1) is 14.4. The molecule has 1 unspecified atom stereocenters. The first kappa shape index (κ1) is 21.6. The summed E-state index contributed by atoms with van der Waals surface area (Å²) in [4.78, 5) is 29.3. The van der Waals surface area contributed by atoms with Crippen LogP contribution in [-0.4, -0.2) is 37.2 Å². The van der Waals surface area contributed by atoms with Crippen LogP contribution in [0.1, 0.15) is 47.3 Å². The van der Waals surface area contributed by atoms with Gasteiger partial charge in [0.05, 0.1) is 19.3 Å². The average Bonchev–Trinajstić information content (AvgIpc) is 2.74. The number of nitriles is 1. The summed E-state index contributed by atoms with van der Waals surface area (Å²) in [5, 5.41) is 12.2. The molecule has 30 heavy (non-hydrogen) atoms. The maximum absolute atomic E-state index is 12.5. The topological polar surface area (TPSA) is 98.2 Å². The molecule has 2 heterocycles. The number of carbonyl (C=O) groups excluding carboxylic acids is 1. The highest BCUT2D eigenvalue weighted by Gasteiger charge is 2.16. The standard InChI is InChI=1S/C23H28N4O3/c1-15-20(17(3)26-23(29)21(15)14-24)8-9-22(28)25-16(2)18-4-6-19(7-5-18)27-10-12-30-13-11-27/h4-7,16H,8-13H2,1-3H3,(H,25,28)(H,26,29). The number of aryl methyl sites for hydroxylation is 1. The molecule has 1 atom stereocenters. The van der Waals surface area contributed by atoms with Crippen LogP contribution >= 0.6 is 0 Å². The minimum atomic E-state index is -0.380. The van der Waals surface area contributed by atoms with Crippen LogP contribution in [0.5, 0.6) is 0 Å². The van der Waals surface area contributed by atoms with Gasteiger partial charge in [-0.15, -0.1) is 0 Å². The summed E-state index contributed by atoms with van der Waals surface area (Å²) in [6.45, 7) is 8.79. The maximum atomic E-state index is 12.5. The van der Waals surface area contributed by atoms with E-state index in [0.717, 1.165) is 43.1 Å². The summed E-state index contributed by atoms with van der Waals surface area (Å²) in [5.41, 5.74) is 4.15. The molecule has 0 radical (unpaired) electrons. The van der Waals surface area contributed by atoms with Gasteiger partial charge >= 0.3 is 0 Å². The molecular weight excluding hydrogens is 380 g/mol. The van der Waals surface area contributed by atoms with Crippen LogP contribution in [0.25, 0.3) is 0 Å². The van der Waals surface area contributed by atoms with E-state index in [2.05, 4.69) is 27.3 Å². The molecule has 3 rings (SSSR count). The first-order valence-corrected chi connectivity index (χ1v) is 10.2. The largest absolute Gasteiger partial charge is 0.378 e. The number of nitrogens with zero attached hydrogens (tertiary/aromatic N) is 2. The minimum Gasteiger partial charge on any atom is -0.378 e. The number of benzene rings is 1. The number of morpholine rings is 1. The van der Waals surface area contributed by atoms with Crippen molar-refractivity contribution in [3.05, 3.63) is 62.6 Å². The fourth-order valence-corrected chi connectivity index (χ4v) is 3.85. The zero-order chi connectivity index (χ0) is 21.7. The highest BCUT2D eigenvalue weighted by Crippen LogP contribution is 2.21. The lowest BCUT2D eigenvalue weighted by Gasteiger charge is -2.29. The quantitative estimate of drug-likeness (QED) is 0.765. The number of hydrogen-bond acceptors (Lipinski definition) is 5. The molecule has 0 bridgehead atoms. The van der Waals surface area contributed by atoms with E-state index in [9.17, 15) is 14.9 Å². The zero-order valence-corrected chi connectivity index (χ0v) is 17.7. The van der Waals surface area contributed by atoms with E-state index < -0.39 is 0 Å². The summed E-state index contributed by atoms with van der Waals surface area (Å²) in [7, 11) is 0. The number of nitrogens with one attached hydrogen (secondary N) is 2. The van der Waals surface area contributed by atoms with E-state index >= 15 is 0 Å². The molecule has 1 aromatic carbocycles. The summed E-state index contributed by atoms with van der Waals surface area (Å²) in [5.74, 6) is -0.0664. The lowest BCUT2D eigenvalue weighted by Crippen LogP contribution is -2.36. The Bertz CT molecular complexity index is 999.